The number of aryl methyl sites for hydroxylation is 1. The maximum absolute atomic E-state index is 12.1. The van der Waals surface area contributed by atoms with E-state index in [4.69, 9.17) is 4.74 Å². The van der Waals surface area contributed by atoms with Gasteiger partial charge in [0.2, 0.25) is 0 Å². The Morgan fingerprint density at radius 3 is 2.61 bits per heavy atom. The number of hydrogen-bond donors (Lipinski definition) is 1. The van der Waals surface area contributed by atoms with Gasteiger partial charge in [0, 0.05) is 4.47 Å². The molecule has 2 aromatic carbocycles. The number of benzene rings is 2. The van der Waals surface area contributed by atoms with Crippen LogP contribution in [0.3, 0.4) is 0 Å². The van der Waals surface area contributed by atoms with Crippen molar-refractivity contribution in [3.8, 4) is 5.75 Å². The van der Waals surface area contributed by atoms with Crippen LogP contribution in [0.1, 0.15) is 37.8 Å². The van der Waals surface area contributed by atoms with E-state index in [1.165, 1.54) is 5.56 Å². The molecule has 122 valence electrons. The number of carbonyl (C=O) groups excluding carboxylic acids is 1. The Hall–Kier alpha value is -1.81. The summed E-state index contributed by atoms with van der Waals surface area (Å²) in [6, 6.07) is 13.8. The van der Waals surface area contributed by atoms with Crippen molar-refractivity contribution in [1.29, 1.82) is 0 Å². The number of ether oxygens (including phenoxy) is 1. The predicted molar refractivity (Wildman–Crippen MR) is 98.2 cm³/mol. The first-order chi connectivity index (χ1) is 11.0. The molecule has 0 heterocycles. The van der Waals surface area contributed by atoms with Crippen LogP contribution < -0.4 is 10.1 Å². The molecule has 0 saturated carbocycles. The first-order valence-electron chi connectivity index (χ1n) is 7.81. The van der Waals surface area contributed by atoms with Crippen LogP contribution >= 0.6 is 15.9 Å². The monoisotopic (exact) mass is 375 g/mol. The normalized spacial score (nSPS) is 10.7. The molecule has 0 radical (unpaired) electrons. The Balaban J connectivity index is 1.98. The fourth-order valence-electron chi connectivity index (χ4n) is 2.30. The summed E-state index contributed by atoms with van der Waals surface area (Å²) in [6.07, 6.45) is 0.960. The third kappa shape index (κ3) is 4.83. The van der Waals surface area contributed by atoms with Crippen molar-refractivity contribution in [2.24, 2.45) is 0 Å². The molecular formula is C19H22BrNO2. The standard InChI is InChI=1S/C19H22BrNO2/c1-4-14-9-10-17(16(20)11-14)21-19(22)12-23-18-8-6-5-7-15(18)13(2)3/h5-11,13H,4,12H2,1-3H3,(H,21,22). The highest BCUT2D eigenvalue weighted by molar-refractivity contribution is 9.10. The molecule has 2 rings (SSSR count). The van der Waals surface area contributed by atoms with Crippen LogP contribution in [0.25, 0.3) is 0 Å². The molecule has 0 atom stereocenters. The second-order valence-corrected chi connectivity index (χ2v) is 6.55. The zero-order chi connectivity index (χ0) is 16.8. The molecule has 0 aliphatic heterocycles. The maximum atomic E-state index is 12.1. The number of nitrogens with one attached hydrogen (secondary N) is 1. The smallest absolute Gasteiger partial charge is 0.262 e. The largest absolute Gasteiger partial charge is 0.483 e. The van der Waals surface area contributed by atoms with Gasteiger partial charge in [0.05, 0.1) is 5.69 Å². The third-order valence-electron chi connectivity index (χ3n) is 3.62. The number of amides is 1. The molecule has 0 aliphatic rings. The Kier molecular flexibility index (Phi) is 6.22. The van der Waals surface area contributed by atoms with Crippen LogP contribution in [0.2, 0.25) is 0 Å². The van der Waals surface area contributed by atoms with E-state index in [1.54, 1.807) is 0 Å². The van der Waals surface area contributed by atoms with Gasteiger partial charge in [-0.2, -0.15) is 0 Å². The van der Waals surface area contributed by atoms with Crippen LogP contribution in [0.4, 0.5) is 5.69 Å². The summed E-state index contributed by atoms with van der Waals surface area (Å²) in [4.78, 5) is 12.1. The number of halogens is 1. The van der Waals surface area contributed by atoms with Gasteiger partial charge < -0.3 is 10.1 Å². The van der Waals surface area contributed by atoms with Gasteiger partial charge in [-0.25, -0.2) is 0 Å². The van der Waals surface area contributed by atoms with E-state index >= 15 is 0 Å². The summed E-state index contributed by atoms with van der Waals surface area (Å²) in [5.41, 5.74) is 3.08. The van der Waals surface area contributed by atoms with Crippen molar-refractivity contribution in [2.75, 3.05) is 11.9 Å². The van der Waals surface area contributed by atoms with E-state index in [0.29, 0.717) is 5.92 Å². The first kappa shape index (κ1) is 17.5. The van der Waals surface area contributed by atoms with E-state index < -0.39 is 0 Å². The average Bonchev–Trinajstić information content (AvgIpc) is 2.55. The zero-order valence-electron chi connectivity index (χ0n) is 13.7. The van der Waals surface area contributed by atoms with Crippen molar-refractivity contribution < 1.29 is 9.53 Å². The quantitative estimate of drug-likeness (QED) is 0.757. The number of carbonyl (C=O) groups is 1. The Morgan fingerprint density at radius 2 is 1.96 bits per heavy atom. The summed E-state index contributed by atoms with van der Waals surface area (Å²) >= 11 is 3.49. The van der Waals surface area contributed by atoms with Gasteiger partial charge in [-0.15, -0.1) is 0 Å². The molecule has 0 fully saturated rings. The lowest BCUT2D eigenvalue weighted by Gasteiger charge is -2.14. The van der Waals surface area contributed by atoms with Gasteiger partial charge in [-0.3, -0.25) is 4.79 Å². The number of para-hydroxylation sites is 1. The molecule has 0 aromatic heterocycles. The second kappa shape index (κ2) is 8.16. The fourth-order valence-corrected chi connectivity index (χ4v) is 2.82. The zero-order valence-corrected chi connectivity index (χ0v) is 15.3. The molecule has 0 spiro atoms. The lowest BCUT2D eigenvalue weighted by Crippen LogP contribution is -2.20. The lowest BCUT2D eigenvalue weighted by molar-refractivity contribution is -0.118. The highest BCUT2D eigenvalue weighted by Gasteiger charge is 2.10. The van der Waals surface area contributed by atoms with Gasteiger partial charge in [0.25, 0.3) is 5.91 Å². The Morgan fingerprint density at radius 1 is 1.22 bits per heavy atom. The van der Waals surface area contributed by atoms with E-state index in [9.17, 15) is 4.79 Å². The third-order valence-corrected chi connectivity index (χ3v) is 4.27. The molecule has 4 heteroatoms. The molecule has 1 N–H and O–H groups in total. The average molecular weight is 376 g/mol. The Bertz CT molecular complexity index is 683. The molecule has 0 aliphatic carbocycles. The van der Waals surface area contributed by atoms with Crippen LogP contribution in [-0.4, -0.2) is 12.5 Å². The summed E-state index contributed by atoms with van der Waals surface area (Å²) in [6.45, 7) is 6.30. The van der Waals surface area contributed by atoms with Crippen LogP contribution in [0.15, 0.2) is 46.9 Å². The molecular weight excluding hydrogens is 354 g/mol. The summed E-state index contributed by atoms with van der Waals surface area (Å²) in [5, 5.41) is 2.87. The van der Waals surface area contributed by atoms with Crippen molar-refractivity contribution in [3.05, 3.63) is 58.1 Å². The highest BCUT2D eigenvalue weighted by Crippen LogP contribution is 2.26. The van der Waals surface area contributed by atoms with Crippen molar-refractivity contribution in [3.63, 3.8) is 0 Å². The SMILES string of the molecule is CCc1ccc(NC(=O)COc2ccccc2C(C)C)c(Br)c1. The molecule has 1 amide bonds. The number of hydrogen-bond acceptors (Lipinski definition) is 2. The number of anilines is 1. The van der Waals surface area contributed by atoms with Crippen LogP contribution in [0, 0.1) is 0 Å². The molecule has 2 aromatic rings. The Labute approximate surface area is 146 Å². The molecule has 0 unspecified atom stereocenters. The molecule has 23 heavy (non-hydrogen) atoms. The van der Waals surface area contributed by atoms with Crippen molar-refractivity contribution >= 4 is 27.5 Å². The van der Waals surface area contributed by atoms with Gasteiger partial charge >= 0.3 is 0 Å². The van der Waals surface area contributed by atoms with E-state index in [2.05, 4.69) is 42.0 Å². The van der Waals surface area contributed by atoms with E-state index in [-0.39, 0.29) is 12.5 Å². The maximum Gasteiger partial charge on any atom is 0.262 e. The summed E-state index contributed by atoms with van der Waals surface area (Å²) < 4.78 is 6.57. The van der Waals surface area contributed by atoms with Gasteiger partial charge in [-0.05, 0) is 57.6 Å². The minimum atomic E-state index is -0.173. The second-order valence-electron chi connectivity index (χ2n) is 5.70. The summed E-state index contributed by atoms with van der Waals surface area (Å²) in [5.74, 6) is 0.941. The lowest BCUT2D eigenvalue weighted by atomic mass is 10.0. The van der Waals surface area contributed by atoms with Gasteiger partial charge in [0.1, 0.15) is 5.75 Å². The number of rotatable bonds is 6. The molecule has 3 nitrogen and oxygen atoms in total. The topological polar surface area (TPSA) is 38.3 Å². The van der Waals surface area contributed by atoms with Gasteiger partial charge in [0.15, 0.2) is 6.61 Å². The van der Waals surface area contributed by atoms with Crippen molar-refractivity contribution in [1.82, 2.24) is 0 Å². The first-order valence-corrected chi connectivity index (χ1v) is 8.60. The van der Waals surface area contributed by atoms with Crippen LogP contribution in [-0.2, 0) is 11.2 Å². The predicted octanol–water partition coefficient (Wildman–Crippen LogP) is 5.15. The van der Waals surface area contributed by atoms with Gasteiger partial charge in [-0.1, -0.05) is 45.0 Å². The van der Waals surface area contributed by atoms with Crippen LogP contribution in [0.5, 0.6) is 5.75 Å². The highest BCUT2D eigenvalue weighted by atomic mass is 79.9. The minimum Gasteiger partial charge on any atom is -0.483 e. The molecule has 0 bridgehead atoms. The summed E-state index contributed by atoms with van der Waals surface area (Å²) in [7, 11) is 0. The van der Waals surface area contributed by atoms with E-state index in [1.807, 2.05) is 42.5 Å². The molecule has 0 saturated heterocycles. The minimum absolute atomic E-state index is 0.00823. The fraction of sp³-hybridized carbons (Fsp3) is 0.316. The van der Waals surface area contributed by atoms with Crippen molar-refractivity contribution in [2.45, 2.75) is 33.1 Å². The van der Waals surface area contributed by atoms with E-state index in [0.717, 1.165) is 27.9 Å².